The van der Waals surface area contributed by atoms with Crippen LogP contribution in [-0.4, -0.2) is 42.9 Å². The van der Waals surface area contributed by atoms with Crippen molar-refractivity contribution in [1.82, 2.24) is 4.31 Å². The van der Waals surface area contributed by atoms with E-state index in [0.29, 0.717) is 25.0 Å². The van der Waals surface area contributed by atoms with Crippen molar-refractivity contribution < 1.29 is 31.5 Å². The van der Waals surface area contributed by atoms with E-state index in [4.69, 9.17) is 0 Å². The molecule has 0 aromatic heterocycles. The van der Waals surface area contributed by atoms with Crippen LogP contribution in [0.3, 0.4) is 0 Å². The van der Waals surface area contributed by atoms with Gasteiger partial charge in [-0.2, -0.15) is 4.31 Å². The molecule has 1 unspecified atom stereocenters. The lowest BCUT2D eigenvalue weighted by molar-refractivity contribution is 0.102. The number of piperidine rings is 1. The molecule has 0 bridgehead atoms. The predicted molar refractivity (Wildman–Crippen MR) is 99.3 cm³/mol. The van der Waals surface area contributed by atoms with Crippen LogP contribution in [0.2, 0.25) is 0 Å². The van der Waals surface area contributed by atoms with E-state index in [1.807, 2.05) is 0 Å². The molecule has 10 heteroatoms. The van der Waals surface area contributed by atoms with Gasteiger partial charge in [-0.15, -0.1) is 0 Å². The van der Waals surface area contributed by atoms with Gasteiger partial charge in [0, 0.05) is 36.0 Å². The number of anilines is 1. The third-order valence-corrected chi connectivity index (χ3v) is 6.68. The van der Waals surface area contributed by atoms with Crippen molar-refractivity contribution in [2.24, 2.45) is 0 Å². The molecule has 0 saturated carbocycles. The quantitative estimate of drug-likeness (QED) is 0.717. The number of sulfonamides is 1. The van der Waals surface area contributed by atoms with Crippen molar-refractivity contribution in [1.29, 1.82) is 0 Å². The highest BCUT2D eigenvalue weighted by molar-refractivity contribution is 7.89. The van der Waals surface area contributed by atoms with Crippen LogP contribution in [0.15, 0.2) is 41.3 Å². The molecule has 1 amide bonds. The van der Waals surface area contributed by atoms with Gasteiger partial charge in [0.2, 0.25) is 10.0 Å². The number of aliphatic hydroxyl groups excluding tert-OH is 1. The Morgan fingerprint density at radius 3 is 2.48 bits per heavy atom. The molecule has 1 saturated heterocycles. The fraction of sp³-hybridized carbons (Fsp3) is 0.316. The van der Waals surface area contributed by atoms with E-state index in [1.54, 1.807) is 0 Å². The van der Waals surface area contributed by atoms with Crippen LogP contribution in [0.25, 0.3) is 0 Å². The average molecular weight is 428 g/mol. The summed E-state index contributed by atoms with van der Waals surface area (Å²) in [5.41, 5.74) is -0.371. The highest BCUT2D eigenvalue weighted by atomic mass is 32.2. The van der Waals surface area contributed by atoms with Gasteiger partial charge < -0.3 is 10.4 Å². The summed E-state index contributed by atoms with van der Waals surface area (Å²) in [5, 5.41) is 11.7. The van der Waals surface area contributed by atoms with E-state index in [1.165, 1.54) is 22.5 Å². The molecule has 0 spiro atoms. The first kappa shape index (κ1) is 21.3. The molecule has 2 aromatic carbocycles. The molecule has 2 N–H and O–H groups in total. The number of carbonyl (C=O) groups is 1. The van der Waals surface area contributed by atoms with E-state index >= 15 is 0 Å². The van der Waals surface area contributed by atoms with Crippen LogP contribution >= 0.6 is 0 Å². The maximum absolute atomic E-state index is 13.3. The number of aliphatic hydroxyl groups is 1. The van der Waals surface area contributed by atoms with Crippen molar-refractivity contribution in [3.05, 3.63) is 59.4 Å². The minimum atomic E-state index is -3.95. The molecule has 29 heavy (non-hydrogen) atoms. The normalized spacial score (nSPS) is 17.9. The maximum atomic E-state index is 13.3. The number of hydrogen-bond donors (Lipinski definition) is 2. The van der Waals surface area contributed by atoms with Crippen LogP contribution in [0, 0.1) is 17.5 Å². The molecular formula is C19H19F3N2O4S. The highest BCUT2D eigenvalue weighted by Gasteiger charge is 2.33. The monoisotopic (exact) mass is 428 g/mol. The number of nitrogens with one attached hydrogen (secondary N) is 1. The first-order valence-electron chi connectivity index (χ1n) is 8.92. The minimum absolute atomic E-state index is 0.0613. The van der Waals surface area contributed by atoms with E-state index < -0.39 is 39.4 Å². The number of carbonyl (C=O) groups excluding carboxylic acids is 1. The van der Waals surface area contributed by atoms with Crippen LogP contribution in [0.1, 0.15) is 29.6 Å². The average Bonchev–Trinajstić information content (AvgIpc) is 2.72. The Hall–Kier alpha value is -2.43. The van der Waals surface area contributed by atoms with Gasteiger partial charge in [-0.05, 0) is 31.0 Å². The summed E-state index contributed by atoms with van der Waals surface area (Å²) >= 11 is 0. The molecule has 1 aliphatic rings. The Bertz CT molecular complexity index is 1010. The summed E-state index contributed by atoms with van der Waals surface area (Å²) in [4.78, 5) is 12.3. The lowest BCUT2D eigenvalue weighted by Gasteiger charge is -2.33. The van der Waals surface area contributed by atoms with E-state index in [-0.39, 0.29) is 29.3 Å². The van der Waals surface area contributed by atoms with Crippen molar-refractivity contribution in [3.8, 4) is 0 Å². The SMILES string of the molecule is O=C(Nc1cc(F)c(F)c(F)c1)c1cccc(S(=O)(=O)N2CCCCC2CO)c1. The van der Waals surface area contributed by atoms with E-state index in [9.17, 15) is 31.5 Å². The minimum Gasteiger partial charge on any atom is -0.395 e. The first-order chi connectivity index (χ1) is 13.7. The number of benzene rings is 2. The Labute approximate surface area is 166 Å². The van der Waals surface area contributed by atoms with Gasteiger partial charge in [0.25, 0.3) is 5.91 Å². The fourth-order valence-corrected chi connectivity index (χ4v) is 4.97. The van der Waals surface area contributed by atoms with Crippen LogP contribution < -0.4 is 5.32 Å². The van der Waals surface area contributed by atoms with Crippen LogP contribution in [0.5, 0.6) is 0 Å². The molecule has 1 aliphatic heterocycles. The molecular weight excluding hydrogens is 409 g/mol. The van der Waals surface area contributed by atoms with Gasteiger partial charge in [-0.1, -0.05) is 12.5 Å². The predicted octanol–water partition coefficient (Wildman–Crippen LogP) is 2.89. The fourth-order valence-electron chi connectivity index (χ4n) is 3.24. The zero-order valence-corrected chi connectivity index (χ0v) is 16.1. The van der Waals surface area contributed by atoms with Crippen LogP contribution in [-0.2, 0) is 10.0 Å². The van der Waals surface area contributed by atoms with Crippen molar-refractivity contribution >= 4 is 21.6 Å². The topological polar surface area (TPSA) is 86.7 Å². The summed E-state index contributed by atoms with van der Waals surface area (Å²) in [6.07, 6.45) is 2.01. The van der Waals surface area contributed by atoms with E-state index in [0.717, 1.165) is 12.5 Å². The lowest BCUT2D eigenvalue weighted by atomic mass is 10.1. The molecule has 3 rings (SSSR count). The Morgan fingerprint density at radius 1 is 1.14 bits per heavy atom. The third kappa shape index (κ3) is 4.44. The molecule has 1 fully saturated rings. The summed E-state index contributed by atoms with van der Waals surface area (Å²) in [5.74, 6) is -5.39. The third-order valence-electron chi connectivity index (χ3n) is 4.73. The van der Waals surface area contributed by atoms with Gasteiger partial charge >= 0.3 is 0 Å². The number of nitrogens with zero attached hydrogens (tertiary/aromatic N) is 1. The Morgan fingerprint density at radius 2 is 1.83 bits per heavy atom. The number of amides is 1. The maximum Gasteiger partial charge on any atom is 0.255 e. The second kappa shape index (κ2) is 8.52. The number of hydrogen-bond acceptors (Lipinski definition) is 4. The molecule has 156 valence electrons. The second-order valence-electron chi connectivity index (χ2n) is 6.68. The molecule has 0 aliphatic carbocycles. The Kier molecular flexibility index (Phi) is 6.25. The molecule has 6 nitrogen and oxygen atoms in total. The number of halogens is 3. The summed E-state index contributed by atoms with van der Waals surface area (Å²) < 4.78 is 66.8. The van der Waals surface area contributed by atoms with Gasteiger partial charge in [-0.25, -0.2) is 21.6 Å². The lowest BCUT2D eigenvalue weighted by Crippen LogP contribution is -2.45. The second-order valence-corrected chi connectivity index (χ2v) is 8.57. The molecule has 1 atom stereocenters. The van der Waals surface area contributed by atoms with Gasteiger partial charge in [0.1, 0.15) is 0 Å². The van der Waals surface area contributed by atoms with Crippen molar-refractivity contribution in [2.75, 3.05) is 18.5 Å². The standard InChI is InChI=1S/C19H19F3N2O4S/c20-16-9-13(10-17(21)18(16)22)23-19(26)12-4-3-6-15(8-12)29(27,28)24-7-2-1-5-14(24)11-25/h3-4,6,8-10,14,25H,1-2,5,7,11H2,(H,23,26). The molecule has 0 radical (unpaired) electrons. The molecule has 1 heterocycles. The Balaban J connectivity index is 1.86. The number of rotatable bonds is 5. The highest BCUT2D eigenvalue weighted by Crippen LogP contribution is 2.26. The van der Waals surface area contributed by atoms with E-state index in [2.05, 4.69) is 5.32 Å². The summed E-state index contributed by atoms with van der Waals surface area (Å²) in [6, 6.07) is 5.88. The van der Waals surface area contributed by atoms with Gasteiger partial charge in [0.15, 0.2) is 17.5 Å². The summed E-state index contributed by atoms with van der Waals surface area (Å²) in [6.45, 7) is -0.0424. The summed E-state index contributed by atoms with van der Waals surface area (Å²) in [7, 11) is -3.95. The largest absolute Gasteiger partial charge is 0.395 e. The van der Waals surface area contributed by atoms with Crippen molar-refractivity contribution in [3.63, 3.8) is 0 Å². The van der Waals surface area contributed by atoms with Crippen molar-refractivity contribution in [2.45, 2.75) is 30.2 Å². The first-order valence-corrected chi connectivity index (χ1v) is 10.4. The molecule has 2 aromatic rings. The zero-order chi connectivity index (χ0) is 21.2. The smallest absolute Gasteiger partial charge is 0.255 e. The van der Waals surface area contributed by atoms with Crippen LogP contribution in [0.4, 0.5) is 18.9 Å². The zero-order valence-electron chi connectivity index (χ0n) is 15.2. The van der Waals surface area contributed by atoms with Gasteiger partial charge in [0.05, 0.1) is 11.5 Å². The van der Waals surface area contributed by atoms with Gasteiger partial charge in [-0.3, -0.25) is 4.79 Å².